The number of hydrogen-bond donors (Lipinski definition) is 3. The maximum atomic E-state index is 13.7. The number of nitrogens with one attached hydrogen (secondary N) is 2. The van der Waals surface area contributed by atoms with E-state index in [1.165, 1.54) is 18.2 Å². The van der Waals surface area contributed by atoms with E-state index in [0.717, 1.165) is 69.3 Å². The van der Waals surface area contributed by atoms with Gasteiger partial charge in [0.2, 0.25) is 5.91 Å². The van der Waals surface area contributed by atoms with Gasteiger partial charge in [0.15, 0.2) is 5.82 Å². The number of hydrogen-bond acceptors (Lipinski definition) is 9. The van der Waals surface area contributed by atoms with Crippen molar-refractivity contribution in [3.05, 3.63) is 85.1 Å². The van der Waals surface area contributed by atoms with E-state index < -0.39 is 0 Å². The Hall–Kier alpha value is -4.65. The van der Waals surface area contributed by atoms with Crippen LogP contribution in [0.15, 0.2) is 73.4 Å². The Kier molecular flexibility index (Phi) is 9.97. The van der Waals surface area contributed by atoms with Gasteiger partial charge in [-0.1, -0.05) is 6.58 Å². The largest absolute Gasteiger partial charge is 0.396 e. The number of aromatic nitrogens is 4. The molecule has 2 aromatic heterocycles. The molecule has 0 spiro atoms. The van der Waals surface area contributed by atoms with E-state index in [2.05, 4.69) is 42.2 Å². The van der Waals surface area contributed by atoms with Gasteiger partial charge in [-0.05, 0) is 73.9 Å². The normalized spacial score (nSPS) is 15.9. The molecule has 0 radical (unpaired) electrons. The van der Waals surface area contributed by atoms with Crippen LogP contribution in [0.1, 0.15) is 25.1 Å². The van der Waals surface area contributed by atoms with Gasteiger partial charge < -0.3 is 25.4 Å². The second kappa shape index (κ2) is 14.6. The van der Waals surface area contributed by atoms with Crippen molar-refractivity contribution in [2.75, 3.05) is 61.5 Å². The third-order valence-electron chi connectivity index (χ3n) is 8.47. The Balaban J connectivity index is 1.24. The molecular formula is C34H39FN8O3. The van der Waals surface area contributed by atoms with Gasteiger partial charge in [0.05, 0.1) is 30.3 Å². The molecule has 0 bridgehead atoms. The summed E-state index contributed by atoms with van der Waals surface area (Å²) < 4.78 is 21.1. The number of carbonyl (C=O) groups is 1. The van der Waals surface area contributed by atoms with Gasteiger partial charge >= 0.3 is 0 Å². The average Bonchev–Trinajstić information content (AvgIpc) is 3.52. The van der Waals surface area contributed by atoms with Crippen molar-refractivity contribution in [1.82, 2.24) is 24.6 Å². The Morgan fingerprint density at radius 2 is 1.83 bits per heavy atom. The number of morpholine rings is 1. The molecule has 46 heavy (non-hydrogen) atoms. The molecule has 4 aromatic rings. The fraction of sp³-hybridized carbons (Fsp3) is 0.353. The minimum Gasteiger partial charge on any atom is -0.396 e. The number of rotatable bonds is 11. The summed E-state index contributed by atoms with van der Waals surface area (Å²) in [5.41, 5.74) is 3.88. The van der Waals surface area contributed by atoms with Crippen LogP contribution in [0.4, 0.5) is 27.3 Å². The highest BCUT2D eigenvalue weighted by Gasteiger charge is 2.27. The summed E-state index contributed by atoms with van der Waals surface area (Å²) in [5.74, 6) is 1.18. The van der Waals surface area contributed by atoms with Crippen LogP contribution in [-0.4, -0.2) is 87.7 Å². The lowest BCUT2D eigenvalue weighted by Gasteiger charge is -2.41. The molecule has 12 heteroatoms. The van der Waals surface area contributed by atoms with E-state index in [0.29, 0.717) is 47.6 Å². The highest BCUT2D eigenvalue weighted by Crippen LogP contribution is 2.34. The third-order valence-corrected chi connectivity index (χ3v) is 8.47. The number of aryl methyl sites for hydroxylation is 1. The van der Waals surface area contributed by atoms with Crippen LogP contribution >= 0.6 is 0 Å². The van der Waals surface area contributed by atoms with Gasteiger partial charge in [-0.3, -0.25) is 14.3 Å². The number of ether oxygens (including phenoxy) is 1. The van der Waals surface area contributed by atoms with E-state index in [9.17, 15) is 14.3 Å². The summed E-state index contributed by atoms with van der Waals surface area (Å²) in [6.07, 6.45) is 6.09. The number of piperidine rings is 1. The molecule has 2 fully saturated rings. The molecule has 2 aliphatic rings. The summed E-state index contributed by atoms with van der Waals surface area (Å²) in [4.78, 5) is 21.8. The molecule has 240 valence electrons. The van der Waals surface area contributed by atoms with Crippen LogP contribution in [0.5, 0.6) is 0 Å². The lowest BCUT2D eigenvalue weighted by atomic mass is 10.0. The average molecular weight is 627 g/mol. The first-order valence-corrected chi connectivity index (χ1v) is 15.7. The number of pyridine rings is 1. The number of amides is 1. The molecule has 2 aromatic carbocycles. The number of nitrogens with zero attached hydrogens (tertiary/aromatic N) is 6. The summed E-state index contributed by atoms with van der Waals surface area (Å²) in [5, 5.41) is 24.6. The van der Waals surface area contributed by atoms with Crippen LogP contribution < -0.4 is 15.5 Å². The third kappa shape index (κ3) is 7.25. The highest BCUT2D eigenvalue weighted by atomic mass is 19.1. The van der Waals surface area contributed by atoms with Gasteiger partial charge in [-0.2, -0.15) is 0 Å². The molecule has 4 heterocycles. The van der Waals surface area contributed by atoms with Crippen LogP contribution in [0.25, 0.3) is 17.1 Å². The zero-order chi connectivity index (χ0) is 31.9. The molecule has 2 saturated heterocycles. The van der Waals surface area contributed by atoms with Crippen LogP contribution in [-0.2, 0) is 16.0 Å². The van der Waals surface area contributed by atoms with E-state index >= 15 is 0 Å². The molecule has 11 nitrogen and oxygen atoms in total. The molecule has 0 aliphatic carbocycles. The van der Waals surface area contributed by atoms with Crippen molar-refractivity contribution >= 4 is 28.8 Å². The predicted molar refractivity (Wildman–Crippen MR) is 176 cm³/mol. The zero-order valence-corrected chi connectivity index (χ0v) is 25.7. The van der Waals surface area contributed by atoms with Gasteiger partial charge in [-0.15, -0.1) is 10.2 Å². The molecule has 6 rings (SSSR count). The van der Waals surface area contributed by atoms with E-state index in [1.807, 2.05) is 34.9 Å². The van der Waals surface area contributed by atoms with Crippen LogP contribution in [0.2, 0.25) is 0 Å². The molecule has 0 unspecified atom stereocenters. The van der Waals surface area contributed by atoms with Crippen molar-refractivity contribution in [3.8, 4) is 17.1 Å². The van der Waals surface area contributed by atoms with Crippen molar-refractivity contribution in [3.63, 3.8) is 0 Å². The van der Waals surface area contributed by atoms with Gasteiger partial charge in [0.25, 0.3) is 0 Å². The molecular weight excluding hydrogens is 587 g/mol. The Morgan fingerprint density at radius 1 is 1.04 bits per heavy atom. The van der Waals surface area contributed by atoms with E-state index in [-0.39, 0.29) is 18.3 Å². The minimum absolute atomic E-state index is 0.0223. The van der Waals surface area contributed by atoms with Gasteiger partial charge in [0, 0.05) is 68.8 Å². The summed E-state index contributed by atoms with van der Waals surface area (Å²) in [6.45, 7) is 8.99. The van der Waals surface area contributed by atoms with Crippen molar-refractivity contribution in [1.29, 1.82) is 0 Å². The summed E-state index contributed by atoms with van der Waals surface area (Å²) >= 11 is 0. The standard InChI is InChI=1S/C34H39FN8O3/c1-2-33(45)38-29-22-26(9-10-30(29)42-15-12-27(13-16-42)41-17-20-46-21-18-41)37-31-23-28(11-14-36-31)43-32(4-3-19-44)39-40-34(43)24-5-7-25(35)8-6-24/h2,5-11,14,22-23,27,44H,1,3-4,12-13,15-21H2,(H,36,37)(H,38,45). The number of anilines is 4. The Bertz CT molecular complexity index is 1650. The van der Waals surface area contributed by atoms with Crippen molar-refractivity contribution in [2.24, 2.45) is 0 Å². The summed E-state index contributed by atoms with van der Waals surface area (Å²) in [7, 11) is 0. The fourth-order valence-electron chi connectivity index (χ4n) is 6.14. The predicted octanol–water partition coefficient (Wildman–Crippen LogP) is 4.56. The molecule has 1 amide bonds. The van der Waals surface area contributed by atoms with Crippen LogP contribution in [0, 0.1) is 5.82 Å². The fourth-order valence-corrected chi connectivity index (χ4v) is 6.14. The molecule has 0 atom stereocenters. The number of halogens is 1. The number of aliphatic hydroxyl groups excluding tert-OH is 1. The van der Waals surface area contributed by atoms with E-state index in [4.69, 9.17) is 4.74 Å². The molecule has 0 saturated carbocycles. The molecule has 2 aliphatic heterocycles. The topological polar surface area (TPSA) is 121 Å². The second-order valence-corrected chi connectivity index (χ2v) is 11.4. The van der Waals surface area contributed by atoms with Gasteiger partial charge in [-0.25, -0.2) is 9.37 Å². The highest BCUT2D eigenvalue weighted by molar-refractivity contribution is 6.01. The van der Waals surface area contributed by atoms with E-state index in [1.54, 1.807) is 18.3 Å². The lowest BCUT2D eigenvalue weighted by Crippen LogP contribution is -2.49. The smallest absolute Gasteiger partial charge is 0.247 e. The SMILES string of the molecule is C=CC(=O)Nc1cc(Nc2cc(-n3c(CCCO)nnc3-c3ccc(F)cc3)ccn2)ccc1N1CCC(N2CCOCC2)CC1. The zero-order valence-electron chi connectivity index (χ0n) is 25.7. The first-order chi connectivity index (χ1) is 22.5. The Morgan fingerprint density at radius 3 is 2.57 bits per heavy atom. The quantitative estimate of drug-likeness (QED) is 0.206. The summed E-state index contributed by atoms with van der Waals surface area (Å²) in [6, 6.07) is 16.3. The van der Waals surface area contributed by atoms with Gasteiger partial charge in [0.1, 0.15) is 17.5 Å². The first-order valence-electron chi connectivity index (χ1n) is 15.7. The van der Waals surface area contributed by atoms with Crippen molar-refractivity contribution < 1.29 is 19.0 Å². The second-order valence-electron chi connectivity index (χ2n) is 11.4. The number of benzene rings is 2. The maximum absolute atomic E-state index is 13.7. The number of aliphatic hydroxyl groups is 1. The first kappa shape index (κ1) is 31.3. The number of carbonyl (C=O) groups excluding carboxylic acids is 1. The lowest BCUT2D eigenvalue weighted by molar-refractivity contribution is -0.111. The van der Waals surface area contributed by atoms with Crippen molar-refractivity contribution in [2.45, 2.75) is 31.7 Å². The van der Waals surface area contributed by atoms with Crippen LogP contribution in [0.3, 0.4) is 0 Å². The minimum atomic E-state index is -0.335. The monoisotopic (exact) mass is 626 g/mol. The maximum Gasteiger partial charge on any atom is 0.247 e. The Labute approximate surface area is 267 Å². The molecule has 3 N–H and O–H groups in total.